The molecule has 0 bridgehead atoms. The van der Waals surface area contributed by atoms with Gasteiger partial charge >= 0.3 is 0 Å². The van der Waals surface area contributed by atoms with E-state index in [9.17, 15) is 19.2 Å². The number of amides is 3. The van der Waals surface area contributed by atoms with Gasteiger partial charge in [-0.3, -0.25) is 29.2 Å². The van der Waals surface area contributed by atoms with Gasteiger partial charge in [0.2, 0.25) is 5.91 Å². The van der Waals surface area contributed by atoms with E-state index in [1.807, 2.05) is 74.5 Å². The molecular formula is C30H30N4O4. The van der Waals surface area contributed by atoms with Gasteiger partial charge < -0.3 is 10.1 Å². The Kier molecular flexibility index (Phi) is 8.43. The van der Waals surface area contributed by atoms with Crippen molar-refractivity contribution in [2.45, 2.75) is 32.4 Å². The Morgan fingerprint density at radius 2 is 1.63 bits per heavy atom. The van der Waals surface area contributed by atoms with E-state index >= 15 is 0 Å². The van der Waals surface area contributed by atoms with Gasteiger partial charge in [0.15, 0.2) is 0 Å². The lowest BCUT2D eigenvalue weighted by Crippen LogP contribution is -2.56. The van der Waals surface area contributed by atoms with Crippen LogP contribution in [0.3, 0.4) is 0 Å². The molecule has 2 atom stereocenters. The highest BCUT2D eigenvalue weighted by Gasteiger charge is 2.41. The van der Waals surface area contributed by atoms with Gasteiger partial charge in [-0.1, -0.05) is 80.6 Å². The molecule has 0 aliphatic carbocycles. The fourth-order valence-corrected chi connectivity index (χ4v) is 4.49. The average Bonchev–Trinajstić information content (AvgIpc) is 2.94. The van der Waals surface area contributed by atoms with Crippen molar-refractivity contribution in [3.63, 3.8) is 0 Å². The molecule has 0 spiro atoms. The van der Waals surface area contributed by atoms with Gasteiger partial charge in [-0.2, -0.15) is 0 Å². The van der Waals surface area contributed by atoms with E-state index < -0.39 is 23.9 Å². The number of carbonyl (C=O) groups is 4. The highest BCUT2D eigenvalue weighted by atomic mass is 16.2. The maximum Gasteiger partial charge on any atom is 0.277 e. The molecule has 2 heterocycles. The van der Waals surface area contributed by atoms with Crippen LogP contribution in [0, 0.1) is 5.92 Å². The van der Waals surface area contributed by atoms with Crippen molar-refractivity contribution in [3.8, 4) is 0 Å². The lowest BCUT2D eigenvalue weighted by molar-refractivity contribution is -0.138. The molecule has 2 aromatic carbocycles. The molecular weight excluding hydrogens is 480 g/mol. The number of carbonyl (C=O) groups excluding carboxylic acids is 4. The molecule has 0 fully saturated rings. The van der Waals surface area contributed by atoms with E-state index in [0.717, 1.165) is 5.56 Å². The predicted octanol–water partition coefficient (Wildman–Crippen LogP) is 3.32. The Morgan fingerprint density at radius 1 is 0.974 bits per heavy atom. The highest BCUT2D eigenvalue weighted by molar-refractivity contribution is 6.03. The minimum atomic E-state index is -0.837. The Hall–Kier alpha value is -4.59. The molecule has 8 nitrogen and oxygen atoms in total. The summed E-state index contributed by atoms with van der Waals surface area (Å²) in [6.45, 7) is 3.40. The van der Waals surface area contributed by atoms with E-state index in [4.69, 9.17) is 0 Å². The van der Waals surface area contributed by atoms with Crippen LogP contribution in [0.15, 0.2) is 91.3 Å². The molecule has 194 valence electrons. The highest BCUT2D eigenvalue weighted by Crippen LogP contribution is 2.30. The van der Waals surface area contributed by atoms with Gasteiger partial charge in [-0.15, -0.1) is 0 Å². The number of hydrogen-bond acceptors (Lipinski definition) is 5. The van der Waals surface area contributed by atoms with Gasteiger partial charge in [-0.05, 0) is 35.6 Å². The quantitative estimate of drug-likeness (QED) is 0.445. The molecule has 1 N–H and O–H groups in total. The molecule has 0 saturated heterocycles. The van der Waals surface area contributed by atoms with Crippen LogP contribution in [0.4, 0.5) is 0 Å². The molecule has 38 heavy (non-hydrogen) atoms. The third kappa shape index (κ3) is 6.03. The summed E-state index contributed by atoms with van der Waals surface area (Å²) in [5.41, 5.74) is 2.21. The minimum Gasteiger partial charge on any atom is -0.345 e. The van der Waals surface area contributed by atoms with Crippen LogP contribution in [-0.2, 0) is 20.8 Å². The summed E-state index contributed by atoms with van der Waals surface area (Å²) >= 11 is 0. The van der Waals surface area contributed by atoms with E-state index in [1.54, 1.807) is 24.4 Å². The summed E-state index contributed by atoms with van der Waals surface area (Å²) in [5.74, 6) is -1.50. The molecule has 0 unspecified atom stereocenters. The number of nitrogens with zero attached hydrogens (tertiary/aromatic N) is 3. The predicted molar refractivity (Wildman–Crippen MR) is 143 cm³/mol. The first-order valence-corrected chi connectivity index (χ1v) is 12.5. The third-order valence-electron chi connectivity index (χ3n) is 6.30. The Balaban J connectivity index is 1.65. The van der Waals surface area contributed by atoms with Crippen LogP contribution in [0.25, 0.3) is 5.70 Å². The minimum absolute atomic E-state index is 0.218. The van der Waals surface area contributed by atoms with Gasteiger partial charge in [0, 0.05) is 12.4 Å². The molecule has 3 amide bonds. The second-order valence-corrected chi connectivity index (χ2v) is 9.42. The van der Waals surface area contributed by atoms with Crippen LogP contribution >= 0.6 is 0 Å². The summed E-state index contributed by atoms with van der Waals surface area (Å²) in [6, 6.07) is 21.9. The van der Waals surface area contributed by atoms with E-state index in [0.29, 0.717) is 24.0 Å². The molecule has 1 aromatic heterocycles. The first kappa shape index (κ1) is 26.5. The fraction of sp³-hybridized carbons (Fsp3) is 0.233. The summed E-state index contributed by atoms with van der Waals surface area (Å²) in [4.78, 5) is 59.2. The number of aromatic nitrogens is 1. The van der Waals surface area contributed by atoms with Crippen molar-refractivity contribution in [2.75, 3.05) is 6.54 Å². The van der Waals surface area contributed by atoms with Crippen LogP contribution < -0.4 is 5.32 Å². The zero-order chi connectivity index (χ0) is 27.1. The summed E-state index contributed by atoms with van der Waals surface area (Å²) in [5, 5.41) is 2.74. The number of hydrogen-bond donors (Lipinski definition) is 1. The number of aldehydes is 1. The first-order chi connectivity index (χ1) is 18.4. The smallest absolute Gasteiger partial charge is 0.277 e. The summed E-state index contributed by atoms with van der Waals surface area (Å²) in [7, 11) is 0. The average molecular weight is 511 g/mol. The molecule has 1 aliphatic rings. The lowest BCUT2D eigenvalue weighted by atomic mass is 9.96. The molecule has 1 aliphatic heterocycles. The van der Waals surface area contributed by atoms with Crippen molar-refractivity contribution in [2.24, 2.45) is 5.92 Å². The zero-order valence-electron chi connectivity index (χ0n) is 21.4. The standard InChI is InChI=1S/C30H30N4O4/c1-21(2)28-30(38)33(19-27(36)32-24(20-35)17-22-11-5-3-6-12-22)26(23-13-7-4-8-14-23)18-34(28)29(37)25-15-9-10-16-31-25/h3-16,18,20-21,24,28H,17,19H2,1-2H3,(H,32,36)/t24-,28+/m0/s1. The number of rotatable bonds is 9. The largest absolute Gasteiger partial charge is 0.345 e. The van der Waals surface area contributed by atoms with Crippen molar-refractivity contribution in [1.82, 2.24) is 20.1 Å². The monoisotopic (exact) mass is 510 g/mol. The Bertz CT molecular complexity index is 1310. The van der Waals surface area contributed by atoms with Crippen LogP contribution in [0.5, 0.6) is 0 Å². The molecule has 0 radical (unpaired) electrons. The Labute approximate surface area is 222 Å². The van der Waals surface area contributed by atoms with E-state index in [-0.39, 0.29) is 24.1 Å². The van der Waals surface area contributed by atoms with Crippen LogP contribution in [0.2, 0.25) is 0 Å². The normalized spacial score (nSPS) is 16.1. The fourth-order valence-electron chi connectivity index (χ4n) is 4.49. The SMILES string of the molecule is CC(C)[C@@H]1C(=O)N(CC(=O)N[C@H](C=O)Cc2ccccc2)C(c2ccccc2)=CN1C(=O)c1ccccn1. The van der Waals surface area contributed by atoms with E-state index in [2.05, 4.69) is 10.3 Å². The van der Waals surface area contributed by atoms with Crippen molar-refractivity contribution >= 4 is 29.7 Å². The first-order valence-electron chi connectivity index (χ1n) is 12.5. The maximum atomic E-state index is 13.9. The second-order valence-electron chi connectivity index (χ2n) is 9.42. The van der Waals surface area contributed by atoms with E-state index in [1.165, 1.54) is 16.0 Å². The molecule has 3 aromatic rings. The molecule has 8 heteroatoms. The molecule has 0 saturated carbocycles. The van der Waals surface area contributed by atoms with Crippen molar-refractivity contribution in [3.05, 3.63) is 108 Å². The number of nitrogens with one attached hydrogen (secondary N) is 1. The Morgan fingerprint density at radius 3 is 2.24 bits per heavy atom. The van der Waals surface area contributed by atoms with Gasteiger partial charge in [-0.25, -0.2) is 0 Å². The zero-order valence-corrected chi connectivity index (χ0v) is 21.4. The summed E-state index contributed by atoms with van der Waals surface area (Å²) < 4.78 is 0. The number of pyridine rings is 1. The second kappa shape index (κ2) is 12.1. The van der Waals surface area contributed by atoms with Gasteiger partial charge in [0.25, 0.3) is 11.8 Å². The topological polar surface area (TPSA) is 99.7 Å². The summed E-state index contributed by atoms with van der Waals surface area (Å²) in [6.07, 6.45) is 4.18. The number of benzene rings is 2. The van der Waals surface area contributed by atoms with Crippen LogP contribution in [-0.4, -0.2) is 57.4 Å². The van der Waals surface area contributed by atoms with Crippen molar-refractivity contribution in [1.29, 1.82) is 0 Å². The lowest BCUT2D eigenvalue weighted by Gasteiger charge is -2.41. The third-order valence-corrected chi connectivity index (χ3v) is 6.30. The van der Waals surface area contributed by atoms with Crippen molar-refractivity contribution < 1.29 is 19.2 Å². The van der Waals surface area contributed by atoms with Gasteiger partial charge in [0.1, 0.15) is 24.6 Å². The molecule has 4 rings (SSSR count). The van der Waals surface area contributed by atoms with Gasteiger partial charge in [0.05, 0.1) is 11.7 Å². The maximum absolute atomic E-state index is 13.9. The van der Waals surface area contributed by atoms with Crippen LogP contribution in [0.1, 0.15) is 35.5 Å².